The van der Waals surface area contributed by atoms with E-state index in [9.17, 15) is 18.0 Å². The summed E-state index contributed by atoms with van der Waals surface area (Å²) in [5.41, 5.74) is -0.469. The number of carbonyl (C=O) groups excluding carboxylic acids is 1. The van der Waals surface area contributed by atoms with E-state index < -0.39 is 11.7 Å². The second kappa shape index (κ2) is 7.49. The van der Waals surface area contributed by atoms with Gasteiger partial charge in [0.15, 0.2) is 0 Å². The number of aromatic nitrogens is 4. The number of pyridine rings is 1. The van der Waals surface area contributed by atoms with E-state index in [1.807, 2.05) is 0 Å². The van der Waals surface area contributed by atoms with Crippen LogP contribution in [0.15, 0.2) is 29.0 Å². The fourth-order valence-corrected chi connectivity index (χ4v) is 3.79. The minimum Gasteiger partial charge on any atom is -0.342 e. The molecule has 7 nitrogen and oxygen atoms in total. The van der Waals surface area contributed by atoms with E-state index in [4.69, 9.17) is 4.52 Å². The third-order valence-electron chi connectivity index (χ3n) is 5.25. The largest absolute Gasteiger partial charge is 0.417 e. The van der Waals surface area contributed by atoms with Crippen molar-refractivity contribution in [1.29, 1.82) is 0 Å². The van der Waals surface area contributed by atoms with Crippen LogP contribution in [0, 0.1) is 6.92 Å². The predicted octanol–water partition coefficient (Wildman–Crippen LogP) is 3.54. The van der Waals surface area contributed by atoms with Crippen LogP contribution >= 0.6 is 0 Å². The number of nitrogens with zero attached hydrogens (tertiary/aromatic N) is 5. The first kappa shape index (κ1) is 19.4. The average Bonchev–Trinajstić information content (AvgIpc) is 3.35. The Morgan fingerprint density at radius 3 is 2.93 bits per heavy atom. The highest BCUT2D eigenvalue weighted by atomic mass is 19.4. The van der Waals surface area contributed by atoms with Gasteiger partial charge >= 0.3 is 6.18 Å². The van der Waals surface area contributed by atoms with Crippen molar-refractivity contribution in [2.24, 2.45) is 0 Å². The lowest BCUT2D eigenvalue weighted by molar-refractivity contribution is -0.136. The van der Waals surface area contributed by atoms with E-state index in [1.165, 1.54) is 6.92 Å². The van der Waals surface area contributed by atoms with E-state index in [-0.39, 0.29) is 40.7 Å². The molecule has 0 aromatic carbocycles. The highest BCUT2D eigenvalue weighted by Crippen LogP contribution is 2.38. The lowest BCUT2D eigenvalue weighted by atomic mass is 9.92. The minimum absolute atomic E-state index is 0.0437. The predicted molar refractivity (Wildman–Crippen MR) is 96.9 cm³/mol. The summed E-state index contributed by atoms with van der Waals surface area (Å²) in [5.74, 6) is -0.328. The maximum atomic E-state index is 13.6. The molecule has 0 spiro atoms. The molecule has 1 aliphatic heterocycles. The summed E-state index contributed by atoms with van der Waals surface area (Å²) in [6, 6.07) is 2.86. The maximum absolute atomic E-state index is 13.6. The minimum atomic E-state index is -4.54. The van der Waals surface area contributed by atoms with Gasteiger partial charge in [-0.25, -0.2) is 4.98 Å². The maximum Gasteiger partial charge on any atom is 0.417 e. The topological polar surface area (TPSA) is 77.0 Å². The molecule has 1 aliphatic rings. The van der Waals surface area contributed by atoms with Gasteiger partial charge in [-0.05, 0) is 31.9 Å². The standard InChI is InChI=1S/C19H20F3N5O2/c1-12-17-14(19(20,21)22)10-15(24-18(17)29-25-12)13-4-2-7-26(11-13)16(28)5-9-27-8-3-6-23-27/h3,6,8,10,13H,2,4-5,7,9,11H2,1H3/t13-/m0/s1. The Hall–Kier alpha value is -2.91. The fraction of sp³-hybridized carbons (Fsp3) is 0.474. The van der Waals surface area contributed by atoms with Gasteiger partial charge in [0.05, 0.1) is 22.3 Å². The van der Waals surface area contributed by atoms with Crippen LogP contribution in [0.4, 0.5) is 13.2 Å². The Bertz CT molecular complexity index is 1010. The first-order chi connectivity index (χ1) is 13.8. The van der Waals surface area contributed by atoms with Crippen molar-refractivity contribution in [2.75, 3.05) is 13.1 Å². The van der Waals surface area contributed by atoms with Crippen LogP contribution in [0.2, 0.25) is 0 Å². The molecule has 0 aliphatic carbocycles. The molecular formula is C19H20F3N5O2. The Kier molecular flexibility index (Phi) is 5.01. The van der Waals surface area contributed by atoms with Crippen LogP contribution in [-0.2, 0) is 17.5 Å². The van der Waals surface area contributed by atoms with Crippen molar-refractivity contribution in [3.05, 3.63) is 41.5 Å². The quantitative estimate of drug-likeness (QED) is 0.661. The molecule has 10 heteroatoms. The van der Waals surface area contributed by atoms with Crippen molar-refractivity contribution in [2.45, 2.75) is 44.8 Å². The SMILES string of the molecule is Cc1noc2nc([C@H]3CCCN(C(=O)CCn4cccn4)C3)cc(C(F)(F)F)c12. The summed E-state index contributed by atoms with van der Waals surface area (Å²) in [6.07, 6.45) is 0.535. The normalized spacial score (nSPS) is 17.8. The van der Waals surface area contributed by atoms with Crippen LogP contribution in [0.25, 0.3) is 11.1 Å². The second-order valence-corrected chi connectivity index (χ2v) is 7.24. The summed E-state index contributed by atoms with van der Waals surface area (Å²) in [7, 11) is 0. The highest BCUT2D eigenvalue weighted by molar-refractivity contribution is 5.81. The highest BCUT2D eigenvalue weighted by Gasteiger charge is 2.37. The van der Waals surface area contributed by atoms with E-state index in [0.29, 0.717) is 32.5 Å². The molecule has 1 amide bonds. The number of likely N-dealkylation sites (tertiary alicyclic amines) is 1. The van der Waals surface area contributed by atoms with Gasteiger partial charge in [0.1, 0.15) is 0 Å². The summed E-state index contributed by atoms with van der Waals surface area (Å²) < 4.78 is 47.5. The van der Waals surface area contributed by atoms with Gasteiger partial charge < -0.3 is 9.42 Å². The molecule has 0 unspecified atom stereocenters. The summed E-state index contributed by atoms with van der Waals surface area (Å²) in [5, 5.41) is 7.60. The Morgan fingerprint density at radius 2 is 2.21 bits per heavy atom. The molecule has 1 atom stereocenters. The summed E-state index contributed by atoms with van der Waals surface area (Å²) >= 11 is 0. The molecule has 4 rings (SSSR count). The second-order valence-electron chi connectivity index (χ2n) is 7.24. The van der Waals surface area contributed by atoms with Crippen LogP contribution in [0.1, 0.15) is 42.1 Å². The molecule has 0 N–H and O–H groups in total. The average molecular weight is 407 g/mol. The summed E-state index contributed by atoms with van der Waals surface area (Å²) in [6.45, 7) is 2.85. The monoisotopic (exact) mass is 407 g/mol. The molecule has 29 heavy (non-hydrogen) atoms. The van der Waals surface area contributed by atoms with E-state index in [0.717, 1.165) is 6.07 Å². The fourth-order valence-electron chi connectivity index (χ4n) is 3.79. The third kappa shape index (κ3) is 3.96. The number of hydrogen-bond acceptors (Lipinski definition) is 5. The first-order valence-corrected chi connectivity index (χ1v) is 9.42. The number of rotatable bonds is 4. The van der Waals surface area contributed by atoms with Gasteiger partial charge in [-0.2, -0.15) is 18.3 Å². The molecule has 1 fully saturated rings. The van der Waals surface area contributed by atoms with Crippen LogP contribution in [0.3, 0.4) is 0 Å². The van der Waals surface area contributed by atoms with Crippen molar-refractivity contribution in [3.8, 4) is 0 Å². The molecule has 1 saturated heterocycles. The number of amides is 1. The van der Waals surface area contributed by atoms with Gasteiger partial charge in [0.25, 0.3) is 5.71 Å². The molecule has 0 radical (unpaired) electrons. The summed E-state index contributed by atoms with van der Waals surface area (Å²) in [4.78, 5) is 18.6. The van der Waals surface area contributed by atoms with Crippen molar-refractivity contribution in [1.82, 2.24) is 24.8 Å². The molecular weight excluding hydrogens is 387 g/mol. The van der Waals surface area contributed by atoms with Crippen molar-refractivity contribution in [3.63, 3.8) is 0 Å². The zero-order chi connectivity index (χ0) is 20.6. The van der Waals surface area contributed by atoms with Crippen LogP contribution < -0.4 is 0 Å². The third-order valence-corrected chi connectivity index (χ3v) is 5.25. The lowest BCUT2D eigenvalue weighted by Crippen LogP contribution is -2.39. The molecule has 0 bridgehead atoms. The van der Waals surface area contributed by atoms with E-state index in [1.54, 1.807) is 28.0 Å². The van der Waals surface area contributed by atoms with E-state index >= 15 is 0 Å². The molecule has 3 aromatic heterocycles. The molecule has 154 valence electrons. The number of piperidine rings is 1. The van der Waals surface area contributed by atoms with Crippen molar-refractivity contribution >= 4 is 17.0 Å². The number of aryl methyl sites for hydroxylation is 2. The number of hydrogen-bond donors (Lipinski definition) is 0. The first-order valence-electron chi connectivity index (χ1n) is 9.42. The molecule has 0 saturated carbocycles. The van der Waals surface area contributed by atoms with Crippen LogP contribution in [0.5, 0.6) is 0 Å². The van der Waals surface area contributed by atoms with Gasteiger partial charge in [0, 0.05) is 44.4 Å². The molecule has 3 aromatic rings. The van der Waals surface area contributed by atoms with Crippen molar-refractivity contribution < 1.29 is 22.5 Å². The number of alkyl halides is 3. The lowest BCUT2D eigenvalue weighted by Gasteiger charge is -2.32. The van der Waals surface area contributed by atoms with Gasteiger partial charge in [-0.1, -0.05) is 5.16 Å². The Balaban J connectivity index is 1.55. The van der Waals surface area contributed by atoms with Gasteiger partial charge in [-0.3, -0.25) is 9.48 Å². The number of carbonyl (C=O) groups is 1. The van der Waals surface area contributed by atoms with Gasteiger partial charge in [0.2, 0.25) is 5.91 Å². The zero-order valence-electron chi connectivity index (χ0n) is 15.8. The zero-order valence-corrected chi connectivity index (χ0v) is 15.8. The molecule has 4 heterocycles. The van der Waals surface area contributed by atoms with Gasteiger partial charge in [-0.15, -0.1) is 0 Å². The Morgan fingerprint density at radius 1 is 1.38 bits per heavy atom. The number of fused-ring (bicyclic) bond motifs is 1. The Labute approximate surface area is 164 Å². The smallest absolute Gasteiger partial charge is 0.342 e. The van der Waals surface area contributed by atoms with Crippen LogP contribution in [-0.4, -0.2) is 43.8 Å². The van der Waals surface area contributed by atoms with E-state index in [2.05, 4.69) is 15.2 Å². The number of halogens is 3.